The summed E-state index contributed by atoms with van der Waals surface area (Å²) in [5, 5.41) is 18.6. The number of nitro benzene ring substituents is 1. The zero-order valence-corrected chi connectivity index (χ0v) is 15.8. The van der Waals surface area contributed by atoms with Crippen LogP contribution in [0.1, 0.15) is 5.56 Å². The molecular formula is C17H15N5O6S. The van der Waals surface area contributed by atoms with Gasteiger partial charge in [-0.05, 0) is 30.7 Å². The van der Waals surface area contributed by atoms with Crippen molar-refractivity contribution in [3.8, 4) is 0 Å². The first-order valence-electron chi connectivity index (χ1n) is 8.13. The molecule has 3 aromatic rings. The van der Waals surface area contributed by atoms with E-state index in [0.717, 1.165) is 10.9 Å². The van der Waals surface area contributed by atoms with Crippen LogP contribution in [0.5, 0.6) is 0 Å². The molecule has 0 atom stereocenters. The third-order valence-electron chi connectivity index (χ3n) is 4.11. The largest absolute Gasteiger partial charge is 0.324 e. The standard InChI is InChI=1S/C17H15N5O6S/c1-10-2-3-11(6-15(10)29(18,27)28)20-16(23)8-21-9-19-14-7-12(22(25)26)4-5-13(14)17(21)24/h2-7,9H,8H2,1H3,(H,20,23)(H2,18,27,28). The zero-order valence-electron chi connectivity index (χ0n) is 15.0. The normalized spacial score (nSPS) is 11.4. The minimum absolute atomic E-state index is 0.123. The first-order chi connectivity index (χ1) is 13.6. The van der Waals surface area contributed by atoms with Gasteiger partial charge in [-0.15, -0.1) is 0 Å². The average molecular weight is 417 g/mol. The number of aryl methyl sites for hydroxylation is 1. The lowest BCUT2D eigenvalue weighted by Crippen LogP contribution is -2.28. The number of carbonyl (C=O) groups is 1. The first-order valence-corrected chi connectivity index (χ1v) is 9.68. The number of carbonyl (C=O) groups excluding carboxylic acids is 1. The molecule has 0 radical (unpaired) electrons. The molecule has 12 heteroatoms. The highest BCUT2D eigenvalue weighted by molar-refractivity contribution is 7.89. The summed E-state index contributed by atoms with van der Waals surface area (Å²) in [5.74, 6) is -0.598. The molecule has 150 valence electrons. The van der Waals surface area contributed by atoms with Crippen LogP contribution in [0.4, 0.5) is 11.4 Å². The van der Waals surface area contributed by atoms with Gasteiger partial charge in [0.15, 0.2) is 0 Å². The summed E-state index contributed by atoms with van der Waals surface area (Å²) in [6.07, 6.45) is 1.11. The van der Waals surface area contributed by atoms with Gasteiger partial charge in [-0.25, -0.2) is 18.5 Å². The molecule has 0 aliphatic carbocycles. The Balaban J connectivity index is 1.85. The van der Waals surface area contributed by atoms with Gasteiger partial charge in [0.05, 0.1) is 27.0 Å². The average Bonchev–Trinajstić information content (AvgIpc) is 2.64. The molecule has 0 spiro atoms. The fourth-order valence-corrected chi connectivity index (χ4v) is 3.52. The first kappa shape index (κ1) is 20.1. The van der Waals surface area contributed by atoms with Crippen LogP contribution in [0.3, 0.4) is 0 Å². The third-order valence-corrected chi connectivity index (χ3v) is 5.16. The summed E-state index contributed by atoms with van der Waals surface area (Å²) in [4.78, 5) is 38.9. The Hall–Kier alpha value is -3.64. The number of non-ortho nitro benzene ring substituents is 1. The van der Waals surface area contributed by atoms with E-state index >= 15 is 0 Å². The van der Waals surface area contributed by atoms with Gasteiger partial charge in [0, 0.05) is 17.8 Å². The Kier molecular flexibility index (Phi) is 5.14. The second kappa shape index (κ2) is 7.41. The van der Waals surface area contributed by atoms with E-state index in [1.165, 1.54) is 36.4 Å². The number of benzene rings is 2. The van der Waals surface area contributed by atoms with E-state index in [-0.39, 0.29) is 27.2 Å². The van der Waals surface area contributed by atoms with Crippen LogP contribution < -0.4 is 16.0 Å². The van der Waals surface area contributed by atoms with Gasteiger partial charge in [0.25, 0.3) is 11.2 Å². The quantitative estimate of drug-likeness (QED) is 0.459. The van der Waals surface area contributed by atoms with Crippen LogP contribution in [0.25, 0.3) is 10.9 Å². The molecule has 3 rings (SSSR count). The van der Waals surface area contributed by atoms with Gasteiger partial charge >= 0.3 is 0 Å². The third kappa shape index (κ3) is 4.28. The molecule has 3 N–H and O–H groups in total. The van der Waals surface area contributed by atoms with Crippen molar-refractivity contribution in [1.82, 2.24) is 9.55 Å². The number of amides is 1. The summed E-state index contributed by atoms with van der Waals surface area (Å²) >= 11 is 0. The molecule has 1 heterocycles. The smallest absolute Gasteiger partial charge is 0.271 e. The SMILES string of the molecule is Cc1ccc(NC(=O)Cn2cnc3cc([N+](=O)[O-])ccc3c2=O)cc1S(N)(=O)=O. The minimum atomic E-state index is -3.96. The van der Waals surface area contributed by atoms with Crippen molar-refractivity contribution in [2.24, 2.45) is 5.14 Å². The maximum atomic E-state index is 12.5. The lowest BCUT2D eigenvalue weighted by Gasteiger charge is -2.10. The van der Waals surface area contributed by atoms with E-state index in [1.807, 2.05) is 0 Å². The Morgan fingerprint density at radius 2 is 2.00 bits per heavy atom. The molecule has 0 aliphatic rings. The molecule has 29 heavy (non-hydrogen) atoms. The fourth-order valence-electron chi connectivity index (χ4n) is 2.71. The molecule has 0 unspecified atom stereocenters. The number of nitrogens with zero attached hydrogens (tertiary/aromatic N) is 3. The summed E-state index contributed by atoms with van der Waals surface area (Å²) < 4.78 is 24.2. The van der Waals surface area contributed by atoms with E-state index in [4.69, 9.17) is 5.14 Å². The second-order valence-corrected chi connectivity index (χ2v) is 7.74. The number of aromatic nitrogens is 2. The predicted octanol–water partition coefficient (Wildman–Crippen LogP) is 0.899. The van der Waals surface area contributed by atoms with Crippen LogP contribution >= 0.6 is 0 Å². The number of anilines is 1. The Bertz CT molecular complexity index is 1320. The highest BCUT2D eigenvalue weighted by Gasteiger charge is 2.15. The monoisotopic (exact) mass is 417 g/mol. The summed E-state index contributed by atoms with van der Waals surface area (Å²) in [7, 11) is -3.96. The Morgan fingerprint density at radius 3 is 2.66 bits per heavy atom. The van der Waals surface area contributed by atoms with Crippen LogP contribution in [-0.4, -0.2) is 28.8 Å². The Morgan fingerprint density at radius 1 is 1.28 bits per heavy atom. The molecule has 0 aliphatic heterocycles. The van der Waals surface area contributed by atoms with Gasteiger partial charge in [-0.1, -0.05) is 6.07 Å². The number of primary sulfonamides is 1. The van der Waals surface area contributed by atoms with E-state index in [0.29, 0.717) is 5.56 Å². The van der Waals surface area contributed by atoms with E-state index in [2.05, 4.69) is 10.3 Å². The van der Waals surface area contributed by atoms with Crippen molar-refractivity contribution < 1.29 is 18.1 Å². The minimum Gasteiger partial charge on any atom is -0.324 e. The van der Waals surface area contributed by atoms with Crippen LogP contribution in [0.2, 0.25) is 0 Å². The maximum absolute atomic E-state index is 12.5. The van der Waals surface area contributed by atoms with Crippen LogP contribution in [-0.2, 0) is 21.4 Å². The highest BCUT2D eigenvalue weighted by Crippen LogP contribution is 2.19. The molecule has 0 fully saturated rings. The van der Waals surface area contributed by atoms with E-state index < -0.39 is 33.0 Å². The molecule has 2 aromatic carbocycles. The van der Waals surface area contributed by atoms with Crippen molar-refractivity contribution in [1.29, 1.82) is 0 Å². The number of rotatable bonds is 5. The number of hydrogen-bond acceptors (Lipinski definition) is 7. The van der Waals surface area contributed by atoms with E-state index in [9.17, 15) is 28.1 Å². The van der Waals surface area contributed by atoms with Crippen molar-refractivity contribution in [3.63, 3.8) is 0 Å². The highest BCUT2D eigenvalue weighted by atomic mass is 32.2. The topological polar surface area (TPSA) is 167 Å². The van der Waals surface area contributed by atoms with Gasteiger partial charge in [0.1, 0.15) is 6.54 Å². The zero-order chi connectivity index (χ0) is 21.3. The molecule has 0 bridgehead atoms. The molecule has 1 amide bonds. The van der Waals surface area contributed by atoms with Crippen LogP contribution in [0.15, 0.2) is 52.4 Å². The van der Waals surface area contributed by atoms with Crippen LogP contribution in [0, 0.1) is 17.0 Å². The summed E-state index contributed by atoms with van der Waals surface area (Å²) in [5.41, 5.74) is 0.00729. The van der Waals surface area contributed by atoms with Gasteiger partial charge in [0.2, 0.25) is 15.9 Å². The lowest BCUT2D eigenvalue weighted by molar-refractivity contribution is -0.384. The van der Waals surface area contributed by atoms with Gasteiger partial charge in [-0.3, -0.25) is 24.3 Å². The number of nitrogens with two attached hydrogens (primary N) is 1. The van der Waals surface area contributed by atoms with Crippen molar-refractivity contribution >= 4 is 38.2 Å². The number of fused-ring (bicyclic) bond motifs is 1. The summed E-state index contributed by atoms with van der Waals surface area (Å²) in [6, 6.07) is 7.84. The second-order valence-electron chi connectivity index (χ2n) is 6.21. The Labute approximate surface area is 164 Å². The van der Waals surface area contributed by atoms with Crippen molar-refractivity contribution in [2.75, 3.05) is 5.32 Å². The molecule has 0 saturated heterocycles. The van der Waals surface area contributed by atoms with Gasteiger partial charge < -0.3 is 5.32 Å². The molecular weight excluding hydrogens is 402 g/mol. The fraction of sp³-hybridized carbons (Fsp3) is 0.118. The maximum Gasteiger partial charge on any atom is 0.271 e. The molecule has 0 saturated carbocycles. The predicted molar refractivity (Wildman–Crippen MR) is 104 cm³/mol. The number of hydrogen-bond donors (Lipinski definition) is 2. The molecule has 1 aromatic heterocycles. The van der Waals surface area contributed by atoms with E-state index in [1.54, 1.807) is 6.92 Å². The number of nitro groups is 1. The van der Waals surface area contributed by atoms with Crippen molar-refractivity contribution in [3.05, 3.63) is 68.8 Å². The number of sulfonamides is 1. The summed E-state index contributed by atoms with van der Waals surface area (Å²) in [6.45, 7) is 1.17. The lowest BCUT2D eigenvalue weighted by atomic mass is 10.2. The number of nitrogens with one attached hydrogen (secondary N) is 1. The van der Waals surface area contributed by atoms with Crippen molar-refractivity contribution in [2.45, 2.75) is 18.4 Å². The molecule has 11 nitrogen and oxygen atoms in total. The van der Waals surface area contributed by atoms with Gasteiger partial charge in [-0.2, -0.15) is 0 Å².